The van der Waals surface area contributed by atoms with Crippen molar-refractivity contribution in [2.75, 3.05) is 6.61 Å². The van der Waals surface area contributed by atoms with Gasteiger partial charge in [0.2, 0.25) is 14.2 Å². The standard InChI is InChI=1S/C27H33NO2Si/c1-26(2,3)31(6,7)30-24-15-14-22-16-21(12-13-23(22)17-24)19-8-10-20(11-9-19)25-28-27(4,5)18-29-25/h8-17H,18H2,1-7H3. The number of benzene rings is 3. The second-order valence-corrected chi connectivity index (χ2v) is 15.4. The van der Waals surface area contributed by atoms with Gasteiger partial charge in [0.1, 0.15) is 12.4 Å². The minimum absolute atomic E-state index is 0.139. The average Bonchev–Trinajstić information content (AvgIpc) is 3.06. The fraction of sp³-hybridized carbons (Fsp3) is 0.370. The first-order valence-corrected chi connectivity index (χ1v) is 13.9. The topological polar surface area (TPSA) is 30.8 Å². The van der Waals surface area contributed by atoms with Gasteiger partial charge in [-0.05, 0) is 84.2 Å². The van der Waals surface area contributed by atoms with E-state index in [1.807, 2.05) is 0 Å². The Kier molecular flexibility index (Phi) is 5.25. The zero-order chi connectivity index (χ0) is 22.4. The highest BCUT2D eigenvalue weighted by Crippen LogP contribution is 2.38. The summed E-state index contributed by atoms with van der Waals surface area (Å²) in [6, 6.07) is 21.5. The molecule has 0 saturated carbocycles. The van der Waals surface area contributed by atoms with E-state index in [2.05, 4.69) is 113 Å². The minimum Gasteiger partial charge on any atom is -0.543 e. The van der Waals surface area contributed by atoms with Gasteiger partial charge in [-0.15, -0.1) is 0 Å². The van der Waals surface area contributed by atoms with Crippen LogP contribution >= 0.6 is 0 Å². The first kappa shape index (κ1) is 21.6. The first-order valence-electron chi connectivity index (χ1n) is 11.0. The summed E-state index contributed by atoms with van der Waals surface area (Å²) >= 11 is 0. The van der Waals surface area contributed by atoms with E-state index in [1.165, 1.54) is 21.9 Å². The smallest absolute Gasteiger partial charge is 0.250 e. The highest BCUT2D eigenvalue weighted by Gasteiger charge is 2.39. The number of hydrogen-bond donors (Lipinski definition) is 0. The predicted octanol–water partition coefficient (Wildman–Crippen LogP) is 7.45. The zero-order valence-corrected chi connectivity index (χ0v) is 20.7. The maximum Gasteiger partial charge on any atom is 0.250 e. The molecule has 0 unspecified atom stereocenters. The molecule has 3 nitrogen and oxygen atoms in total. The number of fused-ring (bicyclic) bond motifs is 1. The Morgan fingerprint density at radius 3 is 2.03 bits per heavy atom. The molecule has 0 aromatic heterocycles. The molecule has 0 aliphatic carbocycles. The van der Waals surface area contributed by atoms with Crippen LogP contribution in [0.2, 0.25) is 18.1 Å². The number of rotatable bonds is 4. The quantitative estimate of drug-likeness (QED) is 0.402. The Morgan fingerprint density at radius 2 is 1.42 bits per heavy atom. The van der Waals surface area contributed by atoms with E-state index in [0.717, 1.165) is 17.2 Å². The second-order valence-electron chi connectivity index (χ2n) is 10.7. The molecular formula is C27H33NO2Si. The monoisotopic (exact) mass is 431 g/mol. The maximum atomic E-state index is 6.48. The Morgan fingerprint density at radius 1 is 0.839 bits per heavy atom. The van der Waals surface area contributed by atoms with E-state index in [9.17, 15) is 0 Å². The third-order valence-corrected chi connectivity index (χ3v) is 10.8. The fourth-order valence-electron chi connectivity index (χ4n) is 3.45. The normalized spacial score (nSPS) is 16.2. The fourth-order valence-corrected chi connectivity index (χ4v) is 4.47. The molecule has 3 aromatic rings. The summed E-state index contributed by atoms with van der Waals surface area (Å²) in [7, 11) is -1.84. The number of ether oxygens (including phenoxy) is 1. The largest absolute Gasteiger partial charge is 0.543 e. The van der Waals surface area contributed by atoms with Crippen molar-refractivity contribution in [3.8, 4) is 16.9 Å². The molecule has 31 heavy (non-hydrogen) atoms. The van der Waals surface area contributed by atoms with Gasteiger partial charge >= 0.3 is 0 Å². The lowest BCUT2D eigenvalue weighted by molar-refractivity contribution is 0.279. The van der Waals surface area contributed by atoms with Crippen molar-refractivity contribution in [3.63, 3.8) is 0 Å². The molecule has 4 rings (SSSR count). The van der Waals surface area contributed by atoms with E-state index in [0.29, 0.717) is 6.61 Å². The Bertz CT molecular complexity index is 1140. The van der Waals surface area contributed by atoms with E-state index in [4.69, 9.17) is 9.16 Å². The van der Waals surface area contributed by atoms with Crippen LogP contribution in [0.5, 0.6) is 5.75 Å². The summed E-state index contributed by atoms with van der Waals surface area (Å²) in [5.74, 6) is 1.71. The Balaban J connectivity index is 1.57. The first-order chi connectivity index (χ1) is 14.4. The SMILES string of the molecule is CC1(C)COC(c2ccc(-c3ccc4cc(O[Si](C)(C)C(C)(C)C)ccc4c3)cc2)=N1. The molecule has 4 heteroatoms. The van der Waals surface area contributed by atoms with Crippen molar-refractivity contribution < 1.29 is 9.16 Å². The van der Waals surface area contributed by atoms with Gasteiger partial charge in [0.25, 0.3) is 0 Å². The maximum absolute atomic E-state index is 6.48. The van der Waals surface area contributed by atoms with Gasteiger partial charge in [-0.2, -0.15) is 0 Å². The molecule has 1 heterocycles. The summed E-state index contributed by atoms with van der Waals surface area (Å²) in [4.78, 5) is 4.67. The van der Waals surface area contributed by atoms with Crippen LogP contribution in [-0.2, 0) is 4.74 Å². The van der Waals surface area contributed by atoms with Gasteiger partial charge in [-0.1, -0.05) is 51.1 Å². The highest BCUT2D eigenvalue weighted by molar-refractivity contribution is 6.74. The second kappa shape index (κ2) is 7.52. The van der Waals surface area contributed by atoms with E-state index in [-0.39, 0.29) is 10.6 Å². The summed E-state index contributed by atoms with van der Waals surface area (Å²) in [5.41, 5.74) is 3.28. The van der Waals surface area contributed by atoms with Crippen molar-refractivity contribution in [2.45, 2.75) is 58.3 Å². The molecule has 1 aliphatic heterocycles. The summed E-state index contributed by atoms with van der Waals surface area (Å²) in [6.07, 6.45) is 0. The van der Waals surface area contributed by atoms with Crippen LogP contribution in [0, 0.1) is 0 Å². The summed E-state index contributed by atoms with van der Waals surface area (Å²) in [5, 5.41) is 2.60. The predicted molar refractivity (Wildman–Crippen MR) is 134 cm³/mol. The molecule has 0 atom stereocenters. The molecule has 0 spiro atoms. The molecule has 0 fully saturated rings. The third kappa shape index (κ3) is 4.54. The lowest BCUT2D eigenvalue weighted by Crippen LogP contribution is -2.43. The van der Waals surface area contributed by atoms with Crippen LogP contribution in [0.1, 0.15) is 40.2 Å². The van der Waals surface area contributed by atoms with Crippen LogP contribution in [-0.4, -0.2) is 26.4 Å². The van der Waals surface area contributed by atoms with Gasteiger partial charge < -0.3 is 9.16 Å². The van der Waals surface area contributed by atoms with Crippen LogP contribution in [0.3, 0.4) is 0 Å². The molecular weight excluding hydrogens is 398 g/mol. The summed E-state index contributed by atoms with van der Waals surface area (Å²) in [6.45, 7) is 16.2. The van der Waals surface area contributed by atoms with Gasteiger partial charge in [0, 0.05) is 5.56 Å². The van der Waals surface area contributed by atoms with Crippen molar-refractivity contribution in [2.24, 2.45) is 4.99 Å². The molecule has 1 aliphatic rings. The van der Waals surface area contributed by atoms with Crippen molar-refractivity contribution in [1.82, 2.24) is 0 Å². The molecule has 0 bridgehead atoms. The van der Waals surface area contributed by atoms with Gasteiger partial charge in [-0.25, -0.2) is 4.99 Å². The van der Waals surface area contributed by atoms with Gasteiger partial charge in [0.15, 0.2) is 0 Å². The third-order valence-electron chi connectivity index (χ3n) is 6.42. The lowest BCUT2D eigenvalue weighted by Gasteiger charge is -2.36. The van der Waals surface area contributed by atoms with Gasteiger partial charge in [-0.3, -0.25) is 0 Å². The van der Waals surface area contributed by atoms with E-state index in [1.54, 1.807) is 0 Å². The molecule has 0 amide bonds. The van der Waals surface area contributed by atoms with Crippen LogP contribution in [0.4, 0.5) is 0 Å². The molecule has 0 radical (unpaired) electrons. The van der Waals surface area contributed by atoms with E-state index >= 15 is 0 Å². The lowest BCUT2D eigenvalue weighted by atomic mass is 10.00. The van der Waals surface area contributed by atoms with Crippen molar-refractivity contribution in [3.05, 3.63) is 66.2 Å². The van der Waals surface area contributed by atoms with Crippen molar-refractivity contribution in [1.29, 1.82) is 0 Å². The number of nitrogens with zero attached hydrogens (tertiary/aromatic N) is 1. The Labute approximate surface area is 187 Å². The zero-order valence-electron chi connectivity index (χ0n) is 19.7. The highest BCUT2D eigenvalue weighted by atomic mass is 28.4. The average molecular weight is 432 g/mol. The summed E-state index contributed by atoms with van der Waals surface area (Å²) < 4.78 is 12.2. The van der Waals surface area contributed by atoms with Crippen LogP contribution in [0.25, 0.3) is 21.9 Å². The minimum atomic E-state index is -1.84. The molecule has 3 aromatic carbocycles. The van der Waals surface area contributed by atoms with Crippen molar-refractivity contribution >= 4 is 25.0 Å². The Hall–Kier alpha value is -2.59. The molecule has 0 N–H and O–H groups in total. The molecule has 162 valence electrons. The van der Waals surface area contributed by atoms with Crippen LogP contribution < -0.4 is 4.43 Å². The number of aliphatic imine (C=N–C) groups is 1. The van der Waals surface area contributed by atoms with Crippen LogP contribution in [0.15, 0.2) is 65.7 Å². The molecule has 0 saturated heterocycles. The number of hydrogen-bond acceptors (Lipinski definition) is 3. The van der Waals surface area contributed by atoms with E-state index < -0.39 is 8.32 Å². The van der Waals surface area contributed by atoms with Gasteiger partial charge in [0.05, 0.1) is 5.54 Å².